The van der Waals surface area contributed by atoms with Crippen molar-refractivity contribution in [1.29, 1.82) is 0 Å². The van der Waals surface area contributed by atoms with Gasteiger partial charge in [-0.25, -0.2) is 0 Å². The Bertz CT molecular complexity index is 724. The van der Waals surface area contributed by atoms with Crippen molar-refractivity contribution in [2.24, 2.45) is 0 Å². The fourth-order valence-corrected chi connectivity index (χ4v) is 2.87. The molecule has 0 radical (unpaired) electrons. The smallest absolute Gasteiger partial charge is 0.255 e. The van der Waals surface area contributed by atoms with E-state index in [0.717, 1.165) is 30.9 Å². The van der Waals surface area contributed by atoms with Gasteiger partial charge in [0.15, 0.2) is 0 Å². The number of amides is 1. The second kappa shape index (κ2) is 10.7. The Labute approximate surface area is 165 Å². The third-order valence-electron chi connectivity index (χ3n) is 4.39. The van der Waals surface area contributed by atoms with E-state index in [1.54, 1.807) is 24.3 Å². The normalized spacial score (nSPS) is 16.0. The van der Waals surface area contributed by atoms with Crippen molar-refractivity contribution >= 4 is 11.6 Å². The van der Waals surface area contributed by atoms with Gasteiger partial charge in [0, 0.05) is 24.5 Å². The lowest BCUT2D eigenvalue weighted by Crippen LogP contribution is -2.16. The number of rotatable bonds is 10. The van der Waals surface area contributed by atoms with Crippen LogP contribution in [0, 0.1) is 0 Å². The highest BCUT2D eigenvalue weighted by Crippen LogP contribution is 2.19. The van der Waals surface area contributed by atoms with Gasteiger partial charge < -0.3 is 24.3 Å². The van der Waals surface area contributed by atoms with E-state index < -0.39 is 0 Å². The minimum absolute atomic E-state index is 0.171. The van der Waals surface area contributed by atoms with Gasteiger partial charge in [0.05, 0.1) is 12.7 Å². The molecule has 3 rings (SSSR count). The van der Waals surface area contributed by atoms with Crippen LogP contribution >= 0.6 is 0 Å². The molecule has 1 fully saturated rings. The van der Waals surface area contributed by atoms with E-state index in [0.29, 0.717) is 37.7 Å². The van der Waals surface area contributed by atoms with Gasteiger partial charge in [-0.2, -0.15) is 0 Å². The van der Waals surface area contributed by atoms with Gasteiger partial charge in [-0.3, -0.25) is 4.79 Å². The monoisotopic (exact) mass is 385 g/mol. The van der Waals surface area contributed by atoms with Gasteiger partial charge in [-0.1, -0.05) is 0 Å². The summed E-state index contributed by atoms with van der Waals surface area (Å²) >= 11 is 0. The molecular formula is C22H27NO5. The Balaban J connectivity index is 1.45. The highest BCUT2D eigenvalue weighted by atomic mass is 16.5. The van der Waals surface area contributed by atoms with E-state index in [1.807, 2.05) is 31.2 Å². The Morgan fingerprint density at radius 2 is 1.75 bits per heavy atom. The van der Waals surface area contributed by atoms with Crippen LogP contribution in [-0.4, -0.2) is 45.0 Å². The van der Waals surface area contributed by atoms with Crippen molar-refractivity contribution in [2.45, 2.75) is 25.9 Å². The molecule has 0 bridgehead atoms. The maximum Gasteiger partial charge on any atom is 0.255 e. The predicted molar refractivity (Wildman–Crippen MR) is 107 cm³/mol. The summed E-state index contributed by atoms with van der Waals surface area (Å²) in [4.78, 5) is 12.4. The molecule has 150 valence electrons. The Kier molecular flexibility index (Phi) is 7.70. The summed E-state index contributed by atoms with van der Waals surface area (Å²) in [5, 5.41) is 2.88. The predicted octanol–water partition coefficient (Wildman–Crippen LogP) is 3.91. The topological polar surface area (TPSA) is 66.0 Å². The van der Waals surface area contributed by atoms with Gasteiger partial charge in [0.25, 0.3) is 5.91 Å². The average Bonchev–Trinajstić information content (AvgIpc) is 3.25. The van der Waals surface area contributed by atoms with Gasteiger partial charge in [-0.05, 0) is 68.3 Å². The molecule has 1 N–H and O–H groups in total. The number of carbonyl (C=O) groups is 1. The summed E-state index contributed by atoms with van der Waals surface area (Å²) in [5.41, 5.74) is 1.28. The molecule has 0 spiro atoms. The standard InChI is InChI=1S/C22H27NO5/c1-2-25-14-15-27-19-11-7-18(8-12-19)23-22(24)17-5-9-20(10-6-17)28-16-21-4-3-13-26-21/h5-12,21H,2-4,13-16H2,1H3,(H,23,24). The highest BCUT2D eigenvalue weighted by Gasteiger charge is 2.16. The van der Waals surface area contributed by atoms with E-state index in [-0.39, 0.29) is 12.0 Å². The van der Waals surface area contributed by atoms with Gasteiger partial charge >= 0.3 is 0 Å². The summed E-state index contributed by atoms with van der Waals surface area (Å²) in [5.74, 6) is 1.31. The number of anilines is 1. The minimum Gasteiger partial charge on any atom is -0.491 e. The van der Waals surface area contributed by atoms with Gasteiger partial charge in [0.2, 0.25) is 0 Å². The molecule has 28 heavy (non-hydrogen) atoms. The molecule has 2 aromatic carbocycles. The lowest BCUT2D eigenvalue weighted by molar-refractivity contribution is 0.0679. The summed E-state index contributed by atoms with van der Waals surface area (Å²) < 4.78 is 22.1. The molecule has 6 nitrogen and oxygen atoms in total. The first-order chi connectivity index (χ1) is 13.7. The van der Waals surface area contributed by atoms with Crippen molar-refractivity contribution in [1.82, 2.24) is 0 Å². The molecule has 1 aliphatic rings. The van der Waals surface area contributed by atoms with Gasteiger partial charge in [0.1, 0.15) is 24.7 Å². The van der Waals surface area contributed by atoms with Crippen molar-refractivity contribution in [3.63, 3.8) is 0 Å². The Hall–Kier alpha value is -2.57. The lowest BCUT2D eigenvalue weighted by Gasteiger charge is -2.12. The van der Waals surface area contributed by atoms with Crippen LogP contribution in [-0.2, 0) is 9.47 Å². The van der Waals surface area contributed by atoms with E-state index >= 15 is 0 Å². The van der Waals surface area contributed by atoms with Crippen LogP contribution in [0.1, 0.15) is 30.1 Å². The first kappa shape index (κ1) is 20.2. The largest absolute Gasteiger partial charge is 0.491 e. The number of hydrogen-bond acceptors (Lipinski definition) is 5. The Morgan fingerprint density at radius 1 is 1.04 bits per heavy atom. The van der Waals surface area contributed by atoms with Crippen LogP contribution in [0.2, 0.25) is 0 Å². The molecule has 1 heterocycles. The van der Waals surface area contributed by atoms with Gasteiger partial charge in [-0.15, -0.1) is 0 Å². The van der Waals surface area contributed by atoms with Crippen molar-refractivity contribution in [2.75, 3.05) is 38.4 Å². The zero-order valence-corrected chi connectivity index (χ0v) is 16.2. The fourth-order valence-electron chi connectivity index (χ4n) is 2.87. The van der Waals surface area contributed by atoms with Crippen molar-refractivity contribution < 1.29 is 23.7 Å². The van der Waals surface area contributed by atoms with E-state index in [1.165, 1.54) is 0 Å². The fraction of sp³-hybridized carbons (Fsp3) is 0.409. The first-order valence-electron chi connectivity index (χ1n) is 9.71. The molecule has 0 saturated carbocycles. The molecular weight excluding hydrogens is 358 g/mol. The summed E-state index contributed by atoms with van der Waals surface area (Å²) in [6, 6.07) is 14.4. The number of benzene rings is 2. The van der Waals surface area contributed by atoms with E-state index in [9.17, 15) is 4.79 Å². The quantitative estimate of drug-likeness (QED) is 0.628. The molecule has 2 aromatic rings. The molecule has 0 aliphatic carbocycles. The van der Waals surface area contributed by atoms with Crippen LogP contribution in [0.25, 0.3) is 0 Å². The van der Waals surface area contributed by atoms with Crippen LogP contribution in [0.5, 0.6) is 11.5 Å². The zero-order valence-electron chi connectivity index (χ0n) is 16.2. The van der Waals surface area contributed by atoms with Crippen LogP contribution in [0.3, 0.4) is 0 Å². The molecule has 0 aromatic heterocycles. The number of ether oxygens (including phenoxy) is 4. The molecule has 1 saturated heterocycles. The molecule has 1 amide bonds. The zero-order chi connectivity index (χ0) is 19.6. The van der Waals surface area contributed by atoms with Crippen molar-refractivity contribution in [3.05, 3.63) is 54.1 Å². The number of hydrogen-bond donors (Lipinski definition) is 1. The summed E-state index contributed by atoms with van der Waals surface area (Å²) in [6.07, 6.45) is 2.30. The van der Waals surface area contributed by atoms with Crippen LogP contribution in [0.15, 0.2) is 48.5 Å². The second-order valence-corrected chi connectivity index (χ2v) is 6.49. The maximum absolute atomic E-state index is 12.4. The second-order valence-electron chi connectivity index (χ2n) is 6.49. The van der Waals surface area contributed by atoms with E-state index in [4.69, 9.17) is 18.9 Å². The number of carbonyl (C=O) groups excluding carboxylic acids is 1. The first-order valence-corrected chi connectivity index (χ1v) is 9.71. The highest BCUT2D eigenvalue weighted by molar-refractivity contribution is 6.04. The lowest BCUT2D eigenvalue weighted by atomic mass is 10.2. The molecule has 1 atom stereocenters. The third kappa shape index (κ3) is 6.25. The minimum atomic E-state index is -0.171. The molecule has 1 aliphatic heterocycles. The maximum atomic E-state index is 12.4. The average molecular weight is 385 g/mol. The summed E-state index contributed by atoms with van der Waals surface area (Å²) in [7, 11) is 0. The van der Waals surface area contributed by atoms with E-state index in [2.05, 4.69) is 5.32 Å². The SMILES string of the molecule is CCOCCOc1ccc(NC(=O)c2ccc(OCC3CCCO3)cc2)cc1. The van der Waals surface area contributed by atoms with Crippen LogP contribution < -0.4 is 14.8 Å². The Morgan fingerprint density at radius 3 is 2.43 bits per heavy atom. The summed E-state index contributed by atoms with van der Waals surface area (Å²) in [6.45, 7) is 5.04. The molecule has 6 heteroatoms. The number of nitrogens with one attached hydrogen (secondary N) is 1. The third-order valence-corrected chi connectivity index (χ3v) is 4.39. The van der Waals surface area contributed by atoms with Crippen LogP contribution in [0.4, 0.5) is 5.69 Å². The molecule has 1 unspecified atom stereocenters. The van der Waals surface area contributed by atoms with Crippen molar-refractivity contribution in [3.8, 4) is 11.5 Å².